The molecule has 2 aliphatic rings. The van der Waals surface area contributed by atoms with Crippen LogP contribution in [-0.2, 0) is 0 Å². The van der Waals surface area contributed by atoms with Crippen molar-refractivity contribution >= 4 is 86.4 Å². The molecule has 59 heavy (non-hydrogen) atoms. The Hall–Kier alpha value is -7.27. The second kappa shape index (κ2) is 12.6. The molecule has 0 spiro atoms. The van der Waals surface area contributed by atoms with E-state index in [9.17, 15) is 0 Å². The number of anilines is 2. The molecule has 8 aromatic carbocycles. The number of thiophene rings is 1. The van der Waals surface area contributed by atoms with E-state index in [0.717, 1.165) is 22.5 Å². The molecule has 11 aromatic rings. The Morgan fingerprint density at radius 2 is 1.15 bits per heavy atom. The van der Waals surface area contributed by atoms with Crippen molar-refractivity contribution in [2.45, 2.75) is 12.0 Å². The van der Waals surface area contributed by atoms with E-state index in [2.05, 4.69) is 210 Å². The van der Waals surface area contributed by atoms with Gasteiger partial charge in [-0.15, -0.1) is 11.3 Å². The highest BCUT2D eigenvalue weighted by Gasteiger charge is 2.37. The smallest absolute Gasteiger partial charge is 0.0803 e. The van der Waals surface area contributed by atoms with Crippen LogP contribution in [-0.4, -0.2) is 15.6 Å². The lowest BCUT2D eigenvalue weighted by Gasteiger charge is -2.30. The third kappa shape index (κ3) is 4.84. The fraction of sp³-hybridized carbons (Fsp3) is 0.0364. The summed E-state index contributed by atoms with van der Waals surface area (Å²) in [7, 11) is 0. The van der Waals surface area contributed by atoms with Crippen LogP contribution < -0.4 is 4.90 Å². The van der Waals surface area contributed by atoms with Crippen LogP contribution in [0.15, 0.2) is 200 Å². The van der Waals surface area contributed by atoms with Crippen molar-refractivity contribution in [2.24, 2.45) is 0 Å². The monoisotopic (exact) mass is 769 g/mol. The Morgan fingerprint density at radius 3 is 1.98 bits per heavy atom. The third-order valence-corrected chi connectivity index (χ3v) is 13.9. The number of rotatable bonds is 4. The molecule has 0 N–H and O–H groups in total. The zero-order valence-electron chi connectivity index (χ0n) is 32.0. The van der Waals surface area contributed by atoms with Crippen molar-refractivity contribution in [2.75, 3.05) is 4.90 Å². The van der Waals surface area contributed by atoms with Crippen LogP contribution in [0.4, 0.5) is 11.4 Å². The lowest BCUT2D eigenvalue weighted by Crippen LogP contribution is -2.28. The highest BCUT2D eigenvalue weighted by atomic mass is 32.1. The van der Waals surface area contributed by atoms with Crippen molar-refractivity contribution < 1.29 is 0 Å². The van der Waals surface area contributed by atoms with E-state index in [4.69, 9.17) is 4.98 Å². The van der Waals surface area contributed by atoms with Gasteiger partial charge in [0.1, 0.15) is 0 Å². The van der Waals surface area contributed by atoms with Crippen LogP contribution in [0, 0.1) is 0 Å². The summed E-state index contributed by atoms with van der Waals surface area (Å²) in [6.07, 6.45) is 9.12. The quantitative estimate of drug-likeness (QED) is 0.166. The van der Waals surface area contributed by atoms with Crippen molar-refractivity contribution in [3.8, 4) is 28.1 Å². The van der Waals surface area contributed by atoms with Gasteiger partial charge >= 0.3 is 0 Å². The number of pyridine rings is 1. The van der Waals surface area contributed by atoms with E-state index >= 15 is 0 Å². The first-order valence-electron chi connectivity index (χ1n) is 20.4. The maximum Gasteiger partial charge on any atom is 0.0803 e. The van der Waals surface area contributed by atoms with Gasteiger partial charge in [-0.25, -0.2) is 4.98 Å². The van der Waals surface area contributed by atoms with Gasteiger partial charge in [-0.1, -0.05) is 158 Å². The van der Waals surface area contributed by atoms with E-state index in [1.54, 1.807) is 0 Å². The van der Waals surface area contributed by atoms with E-state index in [1.165, 1.54) is 86.2 Å². The third-order valence-electron chi connectivity index (χ3n) is 12.7. The molecule has 1 aliphatic carbocycles. The van der Waals surface area contributed by atoms with Crippen molar-refractivity contribution in [1.82, 2.24) is 9.55 Å². The lowest BCUT2D eigenvalue weighted by atomic mass is 9.91. The molecule has 0 fully saturated rings. The summed E-state index contributed by atoms with van der Waals surface area (Å²) < 4.78 is 5.02. The topological polar surface area (TPSA) is 21.1 Å². The minimum absolute atomic E-state index is 0.193. The predicted molar refractivity (Wildman–Crippen MR) is 251 cm³/mol. The van der Waals surface area contributed by atoms with Crippen LogP contribution in [0.5, 0.6) is 0 Å². The highest BCUT2D eigenvalue weighted by molar-refractivity contribution is 7.26. The summed E-state index contributed by atoms with van der Waals surface area (Å²) >= 11 is 1.87. The van der Waals surface area contributed by atoms with Gasteiger partial charge in [-0.2, -0.15) is 0 Å². The summed E-state index contributed by atoms with van der Waals surface area (Å²) in [5.74, 6) is 0.299. The number of allylic oxidation sites excluding steroid dienone is 2. The largest absolute Gasteiger partial charge is 0.333 e. The summed E-state index contributed by atoms with van der Waals surface area (Å²) in [4.78, 5) is 8.10. The molecule has 0 amide bonds. The molecule has 3 nitrogen and oxygen atoms in total. The molecule has 276 valence electrons. The number of para-hydroxylation sites is 3. The Balaban J connectivity index is 1.03. The van der Waals surface area contributed by atoms with E-state index < -0.39 is 0 Å². The van der Waals surface area contributed by atoms with Gasteiger partial charge in [-0.3, -0.25) is 0 Å². The molecular formula is C55H35N3S. The SMILES string of the molecule is C1=CC2c3ccccc3N(c3cc(-c4ccc(-c5nc6c7ccccc7ccc6c6sc7ccccc7c56)cc4)cc(-n4c5ccccc5c5ccccc54)c3)C2C=C1. The molecule has 0 saturated heterocycles. The van der Waals surface area contributed by atoms with Crippen LogP contribution in [0.25, 0.3) is 91.7 Å². The van der Waals surface area contributed by atoms with Gasteiger partial charge in [0, 0.05) is 70.3 Å². The molecule has 2 unspecified atom stereocenters. The molecule has 0 radical (unpaired) electrons. The van der Waals surface area contributed by atoms with Crippen LogP contribution in [0.2, 0.25) is 0 Å². The second-order valence-electron chi connectivity index (χ2n) is 15.8. The summed E-state index contributed by atoms with van der Waals surface area (Å²) in [6.45, 7) is 0. The van der Waals surface area contributed by atoms with Gasteiger partial charge < -0.3 is 9.47 Å². The molecule has 0 saturated carbocycles. The normalized spacial score (nSPS) is 16.0. The molecule has 0 bridgehead atoms. The predicted octanol–water partition coefficient (Wildman–Crippen LogP) is 14.9. The molecule has 4 heterocycles. The first kappa shape index (κ1) is 32.8. The summed E-state index contributed by atoms with van der Waals surface area (Å²) in [5, 5.41) is 8.61. The Labute approximate surface area is 345 Å². The Morgan fingerprint density at radius 1 is 0.492 bits per heavy atom. The van der Waals surface area contributed by atoms with Crippen molar-refractivity contribution in [3.05, 3.63) is 206 Å². The number of fused-ring (bicyclic) bond motifs is 13. The Bertz CT molecular complexity index is 3530. The standard InChI is InChI=1S/C55H35N3S/c1-2-14-40-35(13-1)29-30-46-54(40)56-53(52-45-19-7-12-24-51(45)59-55(46)52)36-27-25-34(26-28-36)37-31-38(57-47-20-8-3-15-41(47)42-16-4-9-21-48(42)57)33-39(32-37)58-49-22-10-5-17-43(49)44-18-6-11-23-50(44)58/h1-33,41,47H. The minimum Gasteiger partial charge on any atom is -0.333 e. The first-order valence-corrected chi connectivity index (χ1v) is 21.2. The van der Waals surface area contributed by atoms with Gasteiger partial charge in [0.2, 0.25) is 0 Å². The van der Waals surface area contributed by atoms with Crippen LogP contribution in [0.3, 0.4) is 0 Å². The van der Waals surface area contributed by atoms with Crippen LogP contribution >= 0.6 is 11.3 Å². The zero-order valence-corrected chi connectivity index (χ0v) is 32.8. The van der Waals surface area contributed by atoms with Crippen molar-refractivity contribution in [1.29, 1.82) is 0 Å². The van der Waals surface area contributed by atoms with Gasteiger partial charge in [0.15, 0.2) is 0 Å². The maximum atomic E-state index is 5.54. The fourth-order valence-corrected chi connectivity index (χ4v) is 11.3. The number of benzene rings is 8. The molecule has 3 aromatic heterocycles. The summed E-state index contributed by atoms with van der Waals surface area (Å²) in [6, 6.07) is 64.9. The minimum atomic E-state index is 0.193. The highest BCUT2D eigenvalue weighted by Crippen LogP contribution is 2.49. The average molecular weight is 770 g/mol. The van der Waals surface area contributed by atoms with Crippen LogP contribution in [0.1, 0.15) is 11.5 Å². The van der Waals surface area contributed by atoms with E-state index in [-0.39, 0.29) is 6.04 Å². The molecular weight excluding hydrogens is 735 g/mol. The number of hydrogen-bond acceptors (Lipinski definition) is 3. The number of aromatic nitrogens is 2. The maximum absolute atomic E-state index is 5.54. The average Bonchev–Trinajstić information content (AvgIpc) is 3.97. The molecule has 1 aliphatic heterocycles. The number of hydrogen-bond donors (Lipinski definition) is 0. The van der Waals surface area contributed by atoms with E-state index in [1.807, 2.05) is 11.3 Å². The van der Waals surface area contributed by atoms with E-state index in [0.29, 0.717) is 5.92 Å². The second-order valence-corrected chi connectivity index (χ2v) is 16.9. The first-order chi connectivity index (χ1) is 29.3. The molecule has 2 atom stereocenters. The lowest BCUT2D eigenvalue weighted by molar-refractivity contribution is 0.744. The fourth-order valence-electron chi connectivity index (χ4n) is 10.0. The van der Waals surface area contributed by atoms with Crippen molar-refractivity contribution in [3.63, 3.8) is 0 Å². The number of nitrogens with zero attached hydrogens (tertiary/aromatic N) is 3. The van der Waals surface area contributed by atoms with Gasteiger partial charge in [0.25, 0.3) is 0 Å². The zero-order chi connectivity index (χ0) is 38.6. The van der Waals surface area contributed by atoms with Gasteiger partial charge in [-0.05, 0) is 64.5 Å². The Kier molecular flexibility index (Phi) is 7.01. The van der Waals surface area contributed by atoms with Gasteiger partial charge in [0.05, 0.1) is 28.3 Å². The molecule has 13 rings (SSSR count). The summed E-state index contributed by atoms with van der Waals surface area (Å²) in [5.41, 5.74) is 12.9. The molecule has 4 heteroatoms.